The van der Waals surface area contributed by atoms with Crippen molar-refractivity contribution in [3.05, 3.63) is 0 Å². The number of hydrogen-bond acceptors (Lipinski definition) is 3. The summed E-state index contributed by atoms with van der Waals surface area (Å²) in [4.78, 5) is 8.95. The van der Waals surface area contributed by atoms with E-state index in [0.29, 0.717) is 12.5 Å². The van der Waals surface area contributed by atoms with Gasteiger partial charge in [0, 0.05) is 6.04 Å². The maximum Gasteiger partial charge on any atom is 0.292 e. The van der Waals surface area contributed by atoms with Crippen LogP contribution in [0.3, 0.4) is 0 Å². The van der Waals surface area contributed by atoms with Gasteiger partial charge in [0.05, 0.1) is 7.11 Å². The molecule has 2 N–H and O–H groups in total. The van der Waals surface area contributed by atoms with Gasteiger partial charge in [-0.3, -0.25) is 4.79 Å². The van der Waals surface area contributed by atoms with E-state index < -0.39 is 0 Å². The van der Waals surface area contributed by atoms with Gasteiger partial charge in [0.2, 0.25) is 0 Å². The molecule has 3 heteroatoms. The molecule has 0 aromatic carbocycles. The highest BCUT2D eigenvalue weighted by Crippen LogP contribution is 2.14. The maximum absolute atomic E-state index is 8.95. The Hall–Kier alpha value is -0.570. The summed E-state index contributed by atoms with van der Waals surface area (Å²) in [7, 11) is 1.31. The molecule has 0 spiro atoms. The number of carbonyl (C=O) groups is 1. The summed E-state index contributed by atoms with van der Waals surface area (Å²) in [6, 6.07) is 0.565. The average Bonchev–Trinajstić information content (AvgIpc) is 1.84. The second kappa shape index (κ2) is 5.56. The molecule has 0 radical (unpaired) electrons. The van der Waals surface area contributed by atoms with Crippen LogP contribution in [0.4, 0.5) is 0 Å². The molecule has 3 nitrogen and oxygen atoms in total. The molecule has 0 saturated heterocycles. The highest BCUT2D eigenvalue weighted by molar-refractivity contribution is 5.36. The largest absolute Gasteiger partial charge is 0.471 e. The number of rotatable bonds is 1. The molecule has 0 aromatic heterocycles. The van der Waals surface area contributed by atoms with Crippen molar-refractivity contribution in [3.63, 3.8) is 0 Å². The molecule has 1 fully saturated rings. The van der Waals surface area contributed by atoms with Crippen LogP contribution in [0.1, 0.15) is 19.3 Å². The van der Waals surface area contributed by atoms with Crippen molar-refractivity contribution >= 4 is 6.47 Å². The van der Waals surface area contributed by atoms with E-state index in [1.165, 1.54) is 26.4 Å². The molecule has 9 heavy (non-hydrogen) atoms. The molecule has 0 heterocycles. The number of ether oxygens (including phenoxy) is 1. The van der Waals surface area contributed by atoms with E-state index in [1.807, 2.05) is 0 Å². The van der Waals surface area contributed by atoms with E-state index in [4.69, 9.17) is 10.5 Å². The van der Waals surface area contributed by atoms with Gasteiger partial charge >= 0.3 is 0 Å². The van der Waals surface area contributed by atoms with Gasteiger partial charge in [0.1, 0.15) is 0 Å². The minimum absolute atomic E-state index is 0.375. The molecule has 1 rings (SSSR count). The maximum atomic E-state index is 8.95. The van der Waals surface area contributed by atoms with Gasteiger partial charge in [-0.15, -0.1) is 0 Å². The highest BCUT2D eigenvalue weighted by Gasteiger charge is 2.09. The molecule has 0 aliphatic heterocycles. The Bertz CT molecular complexity index is 71.5. The first kappa shape index (κ1) is 8.43. The Morgan fingerprint density at radius 3 is 2.00 bits per heavy atom. The van der Waals surface area contributed by atoms with Crippen molar-refractivity contribution in [2.45, 2.75) is 25.3 Å². The van der Waals surface area contributed by atoms with Gasteiger partial charge in [0.15, 0.2) is 0 Å². The minimum atomic E-state index is 0.375. The van der Waals surface area contributed by atoms with Crippen LogP contribution in [0, 0.1) is 0 Å². The Morgan fingerprint density at radius 2 is 2.00 bits per heavy atom. The summed E-state index contributed by atoms with van der Waals surface area (Å²) < 4.78 is 3.86. The summed E-state index contributed by atoms with van der Waals surface area (Å²) in [5.74, 6) is 0. The fraction of sp³-hybridized carbons (Fsp3) is 0.833. The molecule has 1 aliphatic rings. The fourth-order valence-corrected chi connectivity index (χ4v) is 0.440. The van der Waals surface area contributed by atoms with Crippen molar-refractivity contribution in [2.24, 2.45) is 5.73 Å². The van der Waals surface area contributed by atoms with Crippen molar-refractivity contribution in [3.8, 4) is 0 Å². The smallest absolute Gasteiger partial charge is 0.292 e. The Kier molecular flexibility index (Phi) is 5.21. The molecule has 0 unspecified atom stereocenters. The Labute approximate surface area is 55.2 Å². The van der Waals surface area contributed by atoms with Crippen LogP contribution in [0.15, 0.2) is 0 Å². The van der Waals surface area contributed by atoms with Crippen molar-refractivity contribution < 1.29 is 9.53 Å². The first-order valence-corrected chi connectivity index (χ1v) is 3.03. The number of nitrogens with two attached hydrogens (primary N) is 1. The van der Waals surface area contributed by atoms with Gasteiger partial charge < -0.3 is 10.5 Å². The molecule has 0 atom stereocenters. The summed E-state index contributed by atoms with van der Waals surface area (Å²) in [5, 5.41) is 0. The molecule has 0 bridgehead atoms. The lowest BCUT2D eigenvalue weighted by Crippen LogP contribution is -2.27. The Balaban J connectivity index is 0.000000148. The summed E-state index contributed by atoms with van der Waals surface area (Å²) in [6.07, 6.45) is 3.89. The first-order chi connectivity index (χ1) is 4.31. The lowest BCUT2D eigenvalue weighted by atomic mass is 9.95. The molecule has 1 aliphatic carbocycles. The fourth-order valence-electron chi connectivity index (χ4n) is 0.440. The first-order valence-electron chi connectivity index (χ1n) is 3.03. The van der Waals surface area contributed by atoms with E-state index >= 15 is 0 Å². The van der Waals surface area contributed by atoms with E-state index in [-0.39, 0.29) is 0 Å². The van der Waals surface area contributed by atoms with Crippen LogP contribution in [0.5, 0.6) is 0 Å². The number of carbonyl (C=O) groups excluding carboxylic acids is 1. The second-order valence-corrected chi connectivity index (χ2v) is 2.02. The second-order valence-electron chi connectivity index (χ2n) is 2.02. The summed E-state index contributed by atoms with van der Waals surface area (Å²) in [6.45, 7) is 0.375. The van der Waals surface area contributed by atoms with Crippen LogP contribution in [0.25, 0.3) is 0 Å². The van der Waals surface area contributed by atoms with E-state index in [0.717, 1.165) is 0 Å². The minimum Gasteiger partial charge on any atom is -0.471 e. The van der Waals surface area contributed by atoms with Gasteiger partial charge in [-0.25, -0.2) is 0 Å². The molecular weight excluding hydrogens is 118 g/mol. The van der Waals surface area contributed by atoms with Gasteiger partial charge in [0.25, 0.3) is 6.47 Å². The zero-order chi connectivity index (χ0) is 7.11. The van der Waals surface area contributed by atoms with E-state index in [9.17, 15) is 0 Å². The van der Waals surface area contributed by atoms with Crippen LogP contribution in [-0.4, -0.2) is 19.6 Å². The molecule has 0 amide bonds. The third kappa shape index (κ3) is 5.30. The molecule has 54 valence electrons. The molecular formula is C6H13NO2. The number of methoxy groups -OCH3 is 1. The van der Waals surface area contributed by atoms with E-state index in [1.54, 1.807) is 0 Å². The average molecular weight is 131 g/mol. The zero-order valence-corrected chi connectivity index (χ0v) is 5.67. The topological polar surface area (TPSA) is 52.3 Å². The quantitative estimate of drug-likeness (QED) is 0.520. The predicted molar refractivity (Wildman–Crippen MR) is 34.9 cm³/mol. The summed E-state index contributed by atoms with van der Waals surface area (Å²) in [5.41, 5.74) is 5.38. The van der Waals surface area contributed by atoms with Gasteiger partial charge in [-0.2, -0.15) is 0 Å². The zero-order valence-electron chi connectivity index (χ0n) is 5.67. The van der Waals surface area contributed by atoms with Crippen molar-refractivity contribution in [1.29, 1.82) is 0 Å². The monoisotopic (exact) mass is 131 g/mol. The van der Waals surface area contributed by atoms with Crippen LogP contribution >= 0.6 is 0 Å². The van der Waals surface area contributed by atoms with Crippen LogP contribution < -0.4 is 5.73 Å². The normalized spacial score (nSPS) is 16.7. The number of hydrogen-bond donors (Lipinski definition) is 1. The lowest BCUT2D eigenvalue weighted by Gasteiger charge is -2.18. The van der Waals surface area contributed by atoms with Gasteiger partial charge in [-0.05, 0) is 12.8 Å². The standard InChI is InChI=1S/C4H9N.C2H4O2/c5-4-2-1-3-4;1-4-2-3/h4H,1-3,5H2;2H,1H3. The summed E-state index contributed by atoms with van der Waals surface area (Å²) >= 11 is 0. The van der Waals surface area contributed by atoms with Crippen molar-refractivity contribution in [1.82, 2.24) is 0 Å². The third-order valence-corrected chi connectivity index (χ3v) is 1.25. The lowest BCUT2D eigenvalue weighted by molar-refractivity contribution is -0.126. The van der Waals surface area contributed by atoms with Gasteiger partial charge in [-0.1, -0.05) is 6.42 Å². The van der Waals surface area contributed by atoms with Crippen LogP contribution in [0.2, 0.25) is 0 Å². The molecule has 0 aromatic rings. The third-order valence-electron chi connectivity index (χ3n) is 1.25. The SMILES string of the molecule is COC=O.NC1CCC1. The predicted octanol–water partition coefficient (Wildman–Crippen LogP) is 0.287. The van der Waals surface area contributed by atoms with Crippen molar-refractivity contribution in [2.75, 3.05) is 7.11 Å². The highest BCUT2D eigenvalue weighted by atomic mass is 16.5. The van der Waals surface area contributed by atoms with Crippen LogP contribution in [-0.2, 0) is 9.53 Å². The Morgan fingerprint density at radius 1 is 1.67 bits per heavy atom. The molecule has 1 saturated carbocycles. The van der Waals surface area contributed by atoms with E-state index in [2.05, 4.69) is 4.74 Å².